The molecule has 0 amide bonds. The van der Waals surface area contributed by atoms with Crippen molar-refractivity contribution in [3.05, 3.63) is 58.0 Å². The number of rotatable bonds is 1. The molecular formula is C15H9F4N3O. The Kier molecular flexibility index (Phi) is 3.39. The van der Waals surface area contributed by atoms with Crippen LogP contribution < -0.4 is 5.43 Å². The molecule has 3 aromatic rings. The van der Waals surface area contributed by atoms with E-state index in [0.717, 1.165) is 6.07 Å². The second kappa shape index (κ2) is 5.15. The monoisotopic (exact) mass is 323 g/mol. The third-order valence-corrected chi connectivity index (χ3v) is 3.31. The molecule has 0 saturated carbocycles. The van der Waals surface area contributed by atoms with Crippen molar-refractivity contribution >= 4 is 10.9 Å². The summed E-state index contributed by atoms with van der Waals surface area (Å²) in [6.45, 7) is 1.42. The molecule has 0 aliphatic heterocycles. The van der Waals surface area contributed by atoms with Crippen molar-refractivity contribution in [2.45, 2.75) is 13.1 Å². The summed E-state index contributed by atoms with van der Waals surface area (Å²) in [5, 5.41) is -0.310. The Bertz CT molecular complexity index is 949. The zero-order valence-corrected chi connectivity index (χ0v) is 11.7. The van der Waals surface area contributed by atoms with Crippen LogP contribution in [0.1, 0.15) is 11.3 Å². The van der Waals surface area contributed by atoms with E-state index in [-0.39, 0.29) is 16.8 Å². The van der Waals surface area contributed by atoms with Crippen LogP contribution in [0.2, 0.25) is 0 Å². The molecule has 0 atom stereocenters. The maximum Gasteiger partial charge on any atom is 0.422 e. The molecule has 3 heterocycles. The second-order valence-corrected chi connectivity index (χ2v) is 4.93. The molecule has 118 valence electrons. The van der Waals surface area contributed by atoms with Crippen LogP contribution in [-0.2, 0) is 6.18 Å². The van der Waals surface area contributed by atoms with Gasteiger partial charge in [0.15, 0.2) is 5.43 Å². The Morgan fingerprint density at radius 3 is 2.43 bits per heavy atom. The molecule has 4 nitrogen and oxygen atoms in total. The second-order valence-electron chi connectivity index (χ2n) is 4.93. The number of alkyl halides is 3. The Hall–Kier alpha value is -2.77. The Labute approximate surface area is 126 Å². The Morgan fingerprint density at radius 2 is 1.83 bits per heavy atom. The SMILES string of the molecule is Cc1cc(=O)c2c(-c3ccncc3)nc(F)c(C(F)(F)F)c2[nH]1. The van der Waals surface area contributed by atoms with Crippen LogP contribution in [0.15, 0.2) is 35.4 Å². The number of nitrogens with zero attached hydrogens (tertiary/aromatic N) is 2. The Morgan fingerprint density at radius 1 is 1.17 bits per heavy atom. The molecule has 0 aromatic carbocycles. The molecule has 0 aliphatic rings. The smallest absolute Gasteiger partial charge is 0.358 e. The van der Waals surface area contributed by atoms with Gasteiger partial charge < -0.3 is 4.98 Å². The molecule has 3 aromatic heterocycles. The summed E-state index contributed by atoms with van der Waals surface area (Å²) >= 11 is 0. The van der Waals surface area contributed by atoms with Crippen molar-refractivity contribution in [1.82, 2.24) is 15.0 Å². The maximum absolute atomic E-state index is 14.1. The third kappa shape index (κ3) is 2.56. The number of aromatic amines is 1. The molecule has 8 heteroatoms. The average molecular weight is 323 g/mol. The number of pyridine rings is 3. The van der Waals surface area contributed by atoms with Crippen LogP contribution in [0.3, 0.4) is 0 Å². The predicted octanol–water partition coefficient (Wildman–Crippen LogP) is 3.45. The van der Waals surface area contributed by atoms with Crippen molar-refractivity contribution in [2.75, 3.05) is 0 Å². The fraction of sp³-hybridized carbons (Fsp3) is 0.133. The number of hydrogen-bond acceptors (Lipinski definition) is 3. The minimum atomic E-state index is -4.98. The molecule has 0 saturated heterocycles. The summed E-state index contributed by atoms with van der Waals surface area (Å²) in [7, 11) is 0. The lowest BCUT2D eigenvalue weighted by Gasteiger charge is -2.14. The van der Waals surface area contributed by atoms with Crippen molar-refractivity contribution in [3.63, 3.8) is 0 Å². The highest BCUT2D eigenvalue weighted by Crippen LogP contribution is 2.37. The van der Waals surface area contributed by atoms with E-state index in [1.54, 1.807) is 0 Å². The topological polar surface area (TPSA) is 58.6 Å². The number of H-pyrrole nitrogens is 1. The highest BCUT2D eigenvalue weighted by Gasteiger charge is 2.39. The molecule has 0 radical (unpaired) electrons. The molecule has 0 fully saturated rings. The van der Waals surface area contributed by atoms with Gasteiger partial charge in [-0.15, -0.1) is 0 Å². The summed E-state index contributed by atoms with van der Waals surface area (Å²) in [5.74, 6) is -1.68. The van der Waals surface area contributed by atoms with Gasteiger partial charge in [-0.2, -0.15) is 17.6 Å². The molecule has 0 unspecified atom stereocenters. The lowest BCUT2D eigenvalue weighted by Crippen LogP contribution is -2.16. The lowest BCUT2D eigenvalue weighted by molar-refractivity contribution is -0.139. The normalized spacial score (nSPS) is 11.9. The van der Waals surface area contributed by atoms with Crippen LogP contribution in [0.4, 0.5) is 17.6 Å². The molecule has 23 heavy (non-hydrogen) atoms. The van der Waals surface area contributed by atoms with Gasteiger partial charge in [-0.3, -0.25) is 9.78 Å². The Balaban J connectivity index is 2.53. The van der Waals surface area contributed by atoms with E-state index in [1.165, 1.54) is 31.5 Å². The quantitative estimate of drug-likeness (QED) is 0.551. The van der Waals surface area contributed by atoms with Gasteiger partial charge >= 0.3 is 6.18 Å². The van der Waals surface area contributed by atoms with Crippen LogP contribution >= 0.6 is 0 Å². The first kappa shape index (κ1) is 15.1. The first-order valence-electron chi connectivity index (χ1n) is 6.50. The fourth-order valence-electron chi connectivity index (χ4n) is 2.40. The number of fused-ring (bicyclic) bond motifs is 1. The molecule has 0 bridgehead atoms. The highest BCUT2D eigenvalue weighted by atomic mass is 19.4. The molecule has 3 rings (SSSR count). The molecule has 0 aliphatic carbocycles. The van der Waals surface area contributed by atoms with E-state index in [1.807, 2.05) is 0 Å². The minimum Gasteiger partial charge on any atom is -0.358 e. The van der Waals surface area contributed by atoms with Gasteiger partial charge in [-0.05, 0) is 19.1 Å². The maximum atomic E-state index is 14.1. The number of nitrogens with one attached hydrogen (secondary N) is 1. The summed E-state index contributed by atoms with van der Waals surface area (Å²) in [5.41, 5.74) is -2.52. The van der Waals surface area contributed by atoms with Crippen LogP contribution in [0.5, 0.6) is 0 Å². The average Bonchev–Trinajstić information content (AvgIpc) is 2.45. The zero-order valence-electron chi connectivity index (χ0n) is 11.7. The van der Waals surface area contributed by atoms with E-state index < -0.39 is 28.6 Å². The largest absolute Gasteiger partial charge is 0.422 e. The van der Waals surface area contributed by atoms with Gasteiger partial charge in [0.1, 0.15) is 5.56 Å². The number of hydrogen-bond donors (Lipinski definition) is 1. The van der Waals surface area contributed by atoms with E-state index in [4.69, 9.17) is 0 Å². The van der Waals surface area contributed by atoms with Crippen molar-refractivity contribution < 1.29 is 17.6 Å². The van der Waals surface area contributed by atoms with Crippen LogP contribution in [0, 0.1) is 12.9 Å². The van der Waals surface area contributed by atoms with E-state index >= 15 is 0 Å². The standard InChI is InChI=1S/C15H9F4N3O/c1-7-6-9(23)10-12(8-2-4-20-5-3-8)22-14(16)11(13(10)21-7)15(17,18)19/h2-6H,1H3,(H,21,23). The van der Waals surface area contributed by atoms with Gasteiger partial charge in [0.2, 0.25) is 5.95 Å². The lowest BCUT2D eigenvalue weighted by atomic mass is 10.0. The molecule has 1 N–H and O–H groups in total. The first-order valence-corrected chi connectivity index (χ1v) is 6.50. The van der Waals surface area contributed by atoms with Crippen LogP contribution in [0.25, 0.3) is 22.2 Å². The summed E-state index contributed by atoms with van der Waals surface area (Å²) in [4.78, 5) is 21.8. The summed E-state index contributed by atoms with van der Waals surface area (Å²) in [6, 6.07) is 4.02. The van der Waals surface area contributed by atoms with E-state index in [9.17, 15) is 22.4 Å². The fourth-order valence-corrected chi connectivity index (χ4v) is 2.40. The predicted molar refractivity (Wildman–Crippen MR) is 75.3 cm³/mol. The van der Waals surface area contributed by atoms with Crippen molar-refractivity contribution in [1.29, 1.82) is 0 Å². The highest BCUT2D eigenvalue weighted by molar-refractivity contribution is 5.94. The zero-order chi connectivity index (χ0) is 16.8. The van der Waals surface area contributed by atoms with Crippen molar-refractivity contribution in [3.8, 4) is 11.3 Å². The van der Waals surface area contributed by atoms with Gasteiger partial charge in [0.25, 0.3) is 0 Å². The van der Waals surface area contributed by atoms with Gasteiger partial charge in [0, 0.05) is 29.7 Å². The van der Waals surface area contributed by atoms with Gasteiger partial charge in [0.05, 0.1) is 16.6 Å². The third-order valence-electron chi connectivity index (χ3n) is 3.31. The van der Waals surface area contributed by atoms with Gasteiger partial charge in [-0.1, -0.05) is 0 Å². The summed E-state index contributed by atoms with van der Waals surface area (Å²) in [6.07, 6.45) is -2.23. The molecular weight excluding hydrogens is 314 g/mol. The number of aromatic nitrogens is 3. The summed E-state index contributed by atoms with van der Waals surface area (Å²) < 4.78 is 53.5. The van der Waals surface area contributed by atoms with E-state index in [0.29, 0.717) is 5.56 Å². The number of aryl methyl sites for hydroxylation is 1. The van der Waals surface area contributed by atoms with Crippen LogP contribution in [-0.4, -0.2) is 15.0 Å². The number of halogens is 4. The minimum absolute atomic E-state index is 0.158. The van der Waals surface area contributed by atoms with E-state index in [2.05, 4.69) is 15.0 Å². The first-order chi connectivity index (χ1) is 10.8. The van der Waals surface area contributed by atoms with Crippen molar-refractivity contribution in [2.24, 2.45) is 0 Å². The van der Waals surface area contributed by atoms with Gasteiger partial charge in [-0.25, -0.2) is 4.98 Å². The molecule has 0 spiro atoms.